The second-order valence-corrected chi connectivity index (χ2v) is 3.28. The first-order valence-corrected chi connectivity index (χ1v) is 4.75. The lowest BCUT2D eigenvalue weighted by Gasteiger charge is -2.08. The highest BCUT2D eigenvalue weighted by molar-refractivity contribution is 7.80. The number of rotatable bonds is 4. The van der Waals surface area contributed by atoms with Crippen LogP contribution in [0.5, 0.6) is 0 Å². The number of hydrazine groups is 1. The van der Waals surface area contributed by atoms with Gasteiger partial charge in [0.25, 0.3) is 0 Å². The molecule has 16 heavy (non-hydrogen) atoms. The maximum Gasteiger partial charge on any atom is 0.208 e. The quantitative estimate of drug-likeness (QED) is 0.180. The van der Waals surface area contributed by atoms with E-state index >= 15 is 0 Å². The Labute approximate surface area is 98.0 Å². The molecule has 0 aromatic heterocycles. The maximum atomic E-state index is 5.25. The molecule has 8 heteroatoms. The van der Waals surface area contributed by atoms with Gasteiger partial charge in [0.05, 0.1) is 11.4 Å². The van der Waals surface area contributed by atoms with E-state index in [9.17, 15) is 0 Å². The highest BCUT2D eigenvalue weighted by atomic mass is 32.1. The Morgan fingerprint density at radius 3 is 2.12 bits per heavy atom. The molecule has 0 amide bonds. The lowest BCUT2D eigenvalue weighted by atomic mass is 10.3. The van der Waals surface area contributed by atoms with E-state index in [1.807, 2.05) is 0 Å². The minimum atomic E-state index is -0.0302. The molecule has 7 nitrogen and oxygen atoms in total. The SMILES string of the molecule is NC(=S)NNc1ccc(NN=C(N)N)cc1. The molecule has 0 aliphatic heterocycles. The number of benzene rings is 1. The van der Waals surface area contributed by atoms with Crippen LogP contribution in [-0.4, -0.2) is 11.1 Å². The zero-order valence-electron chi connectivity index (χ0n) is 8.40. The molecule has 0 atom stereocenters. The zero-order valence-corrected chi connectivity index (χ0v) is 9.21. The molecule has 0 aliphatic rings. The van der Waals surface area contributed by atoms with Gasteiger partial charge in [0.2, 0.25) is 5.96 Å². The van der Waals surface area contributed by atoms with Crippen LogP contribution >= 0.6 is 12.2 Å². The average molecular weight is 239 g/mol. The predicted octanol–water partition coefficient (Wildman–Crippen LogP) is -0.553. The minimum Gasteiger partial charge on any atom is -0.375 e. The molecular formula is C8H13N7S. The first kappa shape index (κ1) is 11.9. The summed E-state index contributed by atoms with van der Waals surface area (Å²) in [4.78, 5) is 0. The van der Waals surface area contributed by atoms with Crippen LogP contribution in [0, 0.1) is 0 Å². The Hall–Kier alpha value is -2.22. The van der Waals surface area contributed by atoms with E-state index in [1.54, 1.807) is 24.3 Å². The standard InChI is InChI=1S/C8H13N7S/c9-7(10)14-12-5-1-3-6(4-2-5)13-15-8(11)16/h1-4,12-13H,(H4,9,10,14)(H3,11,15,16). The fourth-order valence-electron chi connectivity index (χ4n) is 0.891. The van der Waals surface area contributed by atoms with Crippen molar-refractivity contribution in [3.8, 4) is 0 Å². The summed E-state index contributed by atoms with van der Waals surface area (Å²) in [6.07, 6.45) is 0. The number of nitrogens with zero attached hydrogens (tertiary/aromatic N) is 1. The van der Waals surface area contributed by atoms with Crippen LogP contribution < -0.4 is 33.5 Å². The number of guanidine groups is 1. The normalized spacial score (nSPS) is 9.00. The van der Waals surface area contributed by atoms with Crippen molar-refractivity contribution in [2.45, 2.75) is 0 Å². The molecule has 0 saturated heterocycles. The second kappa shape index (κ2) is 5.61. The van der Waals surface area contributed by atoms with Crippen molar-refractivity contribution >= 4 is 34.7 Å². The summed E-state index contributed by atoms with van der Waals surface area (Å²) in [5, 5.41) is 3.81. The molecule has 1 rings (SSSR count). The van der Waals surface area contributed by atoms with Crippen LogP contribution in [0.15, 0.2) is 29.4 Å². The van der Waals surface area contributed by atoms with E-state index in [2.05, 4.69) is 33.6 Å². The van der Waals surface area contributed by atoms with Gasteiger partial charge in [0.15, 0.2) is 5.11 Å². The van der Waals surface area contributed by atoms with Gasteiger partial charge in [-0.15, -0.1) is 5.10 Å². The monoisotopic (exact) mass is 239 g/mol. The molecule has 0 radical (unpaired) electrons. The van der Waals surface area contributed by atoms with Gasteiger partial charge in [-0.2, -0.15) is 0 Å². The fourth-order valence-corrected chi connectivity index (χ4v) is 0.942. The van der Waals surface area contributed by atoms with Crippen LogP contribution in [0.3, 0.4) is 0 Å². The average Bonchev–Trinajstić information content (AvgIpc) is 2.25. The Morgan fingerprint density at radius 1 is 1.06 bits per heavy atom. The molecule has 0 spiro atoms. The highest BCUT2D eigenvalue weighted by Crippen LogP contribution is 2.12. The van der Waals surface area contributed by atoms with Gasteiger partial charge < -0.3 is 17.2 Å². The minimum absolute atomic E-state index is 0.0302. The fraction of sp³-hybridized carbons (Fsp3) is 0. The van der Waals surface area contributed by atoms with Gasteiger partial charge in [-0.3, -0.25) is 16.3 Å². The summed E-state index contributed by atoms with van der Waals surface area (Å²) in [7, 11) is 0. The molecule has 1 aromatic rings. The summed E-state index contributed by atoms with van der Waals surface area (Å²) < 4.78 is 0. The summed E-state index contributed by atoms with van der Waals surface area (Å²) in [6.45, 7) is 0. The number of hydrogen-bond donors (Lipinski definition) is 6. The summed E-state index contributed by atoms with van der Waals surface area (Å²) in [5.41, 5.74) is 25.2. The lowest BCUT2D eigenvalue weighted by molar-refractivity contribution is 1.13. The van der Waals surface area contributed by atoms with Crippen LogP contribution in [0.25, 0.3) is 0 Å². The molecule has 0 aliphatic carbocycles. The third kappa shape index (κ3) is 4.33. The first-order chi connectivity index (χ1) is 7.58. The summed E-state index contributed by atoms with van der Waals surface area (Å²) >= 11 is 4.64. The third-order valence-corrected chi connectivity index (χ3v) is 1.63. The van der Waals surface area contributed by atoms with Crippen molar-refractivity contribution in [1.82, 2.24) is 5.43 Å². The maximum absolute atomic E-state index is 5.25. The molecule has 0 saturated carbocycles. The van der Waals surface area contributed by atoms with Crippen molar-refractivity contribution < 1.29 is 0 Å². The molecule has 86 valence electrons. The van der Waals surface area contributed by atoms with Gasteiger partial charge in [-0.25, -0.2) is 0 Å². The van der Waals surface area contributed by atoms with Gasteiger partial charge in [-0.1, -0.05) is 0 Å². The Balaban J connectivity index is 2.54. The Kier molecular flexibility index (Phi) is 4.16. The number of anilines is 2. The zero-order chi connectivity index (χ0) is 12.0. The van der Waals surface area contributed by atoms with Crippen molar-refractivity contribution in [3.63, 3.8) is 0 Å². The van der Waals surface area contributed by atoms with E-state index in [1.165, 1.54) is 0 Å². The Morgan fingerprint density at radius 2 is 1.62 bits per heavy atom. The number of thiocarbonyl (C=S) groups is 1. The molecule has 0 bridgehead atoms. The number of nitrogens with one attached hydrogen (secondary N) is 3. The van der Waals surface area contributed by atoms with Crippen molar-refractivity contribution in [2.75, 3.05) is 10.9 Å². The van der Waals surface area contributed by atoms with Crippen molar-refractivity contribution in [1.29, 1.82) is 0 Å². The summed E-state index contributed by atoms with van der Waals surface area (Å²) in [5.74, 6) is -0.0302. The van der Waals surface area contributed by atoms with Crippen molar-refractivity contribution in [3.05, 3.63) is 24.3 Å². The molecule has 1 aromatic carbocycles. The molecular weight excluding hydrogens is 226 g/mol. The molecule has 0 fully saturated rings. The van der Waals surface area contributed by atoms with Gasteiger partial charge >= 0.3 is 0 Å². The highest BCUT2D eigenvalue weighted by Gasteiger charge is 1.93. The molecule has 0 unspecified atom stereocenters. The van der Waals surface area contributed by atoms with Gasteiger partial charge in [-0.05, 0) is 36.5 Å². The van der Waals surface area contributed by atoms with E-state index in [-0.39, 0.29) is 11.1 Å². The van der Waals surface area contributed by atoms with Crippen LogP contribution in [0.2, 0.25) is 0 Å². The molecule has 9 N–H and O–H groups in total. The van der Waals surface area contributed by atoms with Crippen LogP contribution in [-0.2, 0) is 0 Å². The topological polar surface area (TPSA) is 127 Å². The predicted molar refractivity (Wildman–Crippen MR) is 69.4 cm³/mol. The first-order valence-electron chi connectivity index (χ1n) is 4.34. The van der Waals surface area contributed by atoms with Crippen molar-refractivity contribution in [2.24, 2.45) is 22.3 Å². The van der Waals surface area contributed by atoms with E-state index in [4.69, 9.17) is 17.2 Å². The Bertz CT molecular complexity index is 382. The number of hydrazone groups is 1. The van der Waals surface area contributed by atoms with E-state index in [0.717, 1.165) is 11.4 Å². The number of nitrogens with two attached hydrogens (primary N) is 3. The van der Waals surface area contributed by atoms with Crippen LogP contribution in [0.1, 0.15) is 0 Å². The largest absolute Gasteiger partial charge is 0.375 e. The lowest BCUT2D eigenvalue weighted by Crippen LogP contribution is -2.33. The second-order valence-electron chi connectivity index (χ2n) is 2.84. The van der Waals surface area contributed by atoms with E-state index < -0.39 is 0 Å². The molecule has 0 heterocycles. The van der Waals surface area contributed by atoms with E-state index in [0.29, 0.717) is 0 Å². The third-order valence-electron chi connectivity index (χ3n) is 1.53. The summed E-state index contributed by atoms with van der Waals surface area (Å²) in [6, 6.07) is 7.18. The number of hydrogen-bond acceptors (Lipinski definition) is 4. The smallest absolute Gasteiger partial charge is 0.208 e. The van der Waals surface area contributed by atoms with Crippen LogP contribution in [0.4, 0.5) is 11.4 Å². The van der Waals surface area contributed by atoms with Gasteiger partial charge in [0.1, 0.15) is 0 Å². The van der Waals surface area contributed by atoms with Gasteiger partial charge in [0, 0.05) is 0 Å².